The fourth-order valence-corrected chi connectivity index (χ4v) is 4.96. The van der Waals surface area contributed by atoms with Crippen LogP contribution < -0.4 is 19.1 Å². The van der Waals surface area contributed by atoms with Gasteiger partial charge in [0, 0.05) is 6.07 Å². The first-order chi connectivity index (χ1) is 16.3. The summed E-state index contributed by atoms with van der Waals surface area (Å²) in [6, 6.07) is 20.3. The Bertz CT molecular complexity index is 1210. The normalized spacial score (nSPS) is 12.0. The van der Waals surface area contributed by atoms with Gasteiger partial charge < -0.3 is 14.8 Å². The predicted octanol–water partition coefficient (Wildman–Crippen LogP) is 4.48. The molecule has 1 amide bonds. The van der Waals surface area contributed by atoms with Gasteiger partial charge in [-0.3, -0.25) is 9.10 Å². The van der Waals surface area contributed by atoms with Crippen LogP contribution in [0.3, 0.4) is 0 Å². The van der Waals surface area contributed by atoms with Crippen LogP contribution in [-0.2, 0) is 14.8 Å². The standard InChI is InChI=1S/C26H30N2O5S/c1-5-25(20-11-13-22(32-3)14-12-20)27-26(29)18-28(21-7-6-8-23(17-21)33-4)34(30,31)24-15-9-19(2)10-16-24/h6-17,25H,5,18H2,1-4H3,(H,27,29)/t25-/m0/s1. The molecule has 1 N–H and O–H groups in total. The number of nitrogens with one attached hydrogen (secondary N) is 1. The molecule has 8 heteroatoms. The molecule has 34 heavy (non-hydrogen) atoms. The van der Waals surface area contributed by atoms with Crippen LogP contribution in [0.5, 0.6) is 11.5 Å². The van der Waals surface area contributed by atoms with E-state index >= 15 is 0 Å². The highest BCUT2D eigenvalue weighted by Gasteiger charge is 2.28. The highest BCUT2D eigenvalue weighted by atomic mass is 32.2. The van der Waals surface area contributed by atoms with Crippen LogP contribution in [0.25, 0.3) is 0 Å². The fourth-order valence-electron chi connectivity index (χ4n) is 3.55. The number of nitrogens with zero attached hydrogens (tertiary/aromatic N) is 1. The van der Waals surface area contributed by atoms with Gasteiger partial charge >= 0.3 is 0 Å². The van der Waals surface area contributed by atoms with Gasteiger partial charge in [-0.1, -0.05) is 42.8 Å². The van der Waals surface area contributed by atoms with Crippen LogP contribution in [0.4, 0.5) is 5.69 Å². The summed E-state index contributed by atoms with van der Waals surface area (Å²) >= 11 is 0. The van der Waals surface area contributed by atoms with Crippen molar-refractivity contribution in [3.8, 4) is 11.5 Å². The molecule has 7 nitrogen and oxygen atoms in total. The summed E-state index contributed by atoms with van der Waals surface area (Å²) in [5.41, 5.74) is 2.19. The van der Waals surface area contributed by atoms with Crippen molar-refractivity contribution in [2.24, 2.45) is 0 Å². The van der Waals surface area contributed by atoms with Crippen LogP contribution in [0.15, 0.2) is 77.7 Å². The number of methoxy groups -OCH3 is 2. The van der Waals surface area contributed by atoms with E-state index < -0.39 is 15.9 Å². The minimum Gasteiger partial charge on any atom is -0.497 e. The molecule has 0 heterocycles. The molecule has 0 saturated carbocycles. The van der Waals surface area contributed by atoms with E-state index in [1.807, 2.05) is 38.1 Å². The third kappa shape index (κ3) is 5.88. The predicted molar refractivity (Wildman–Crippen MR) is 133 cm³/mol. The summed E-state index contributed by atoms with van der Waals surface area (Å²) in [5.74, 6) is 0.797. The van der Waals surface area contributed by atoms with Gasteiger partial charge in [0.25, 0.3) is 10.0 Å². The second kappa shape index (κ2) is 11.1. The Hall–Kier alpha value is -3.52. The minimum atomic E-state index is -4.01. The molecule has 0 aromatic heterocycles. The zero-order valence-corrected chi connectivity index (χ0v) is 20.6. The summed E-state index contributed by atoms with van der Waals surface area (Å²) in [7, 11) is -0.908. The highest BCUT2D eigenvalue weighted by molar-refractivity contribution is 7.92. The molecule has 1 atom stereocenters. The zero-order chi connectivity index (χ0) is 24.7. The highest BCUT2D eigenvalue weighted by Crippen LogP contribution is 2.27. The average Bonchev–Trinajstić information content (AvgIpc) is 2.86. The van der Waals surface area contributed by atoms with E-state index in [1.54, 1.807) is 55.6 Å². The van der Waals surface area contributed by atoms with E-state index in [0.717, 1.165) is 21.2 Å². The third-order valence-electron chi connectivity index (χ3n) is 5.50. The lowest BCUT2D eigenvalue weighted by atomic mass is 10.0. The Morgan fingerprint density at radius 3 is 2.18 bits per heavy atom. The number of anilines is 1. The summed E-state index contributed by atoms with van der Waals surface area (Å²) in [4.78, 5) is 13.2. The number of sulfonamides is 1. The summed E-state index contributed by atoms with van der Waals surface area (Å²) in [6.45, 7) is 3.46. The lowest BCUT2D eigenvalue weighted by Gasteiger charge is -2.26. The smallest absolute Gasteiger partial charge is 0.264 e. The maximum atomic E-state index is 13.6. The number of hydrogen-bond donors (Lipinski definition) is 1. The van der Waals surface area contributed by atoms with E-state index in [2.05, 4.69) is 5.32 Å². The zero-order valence-electron chi connectivity index (χ0n) is 19.8. The van der Waals surface area contributed by atoms with Gasteiger partial charge in [-0.05, 0) is 55.3 Å². The second-order valence-corrected chi connectivity index (χ2v) is 9.69. The second-order valence-electron chi connectivity index (χ2n) is 7.83. The van der Waals surface area contributed by atoms with Gasteiger partial charge in [0.2, 0.25) is 5.91 Å². The number of aryl methyl sites for hydroxylation is 1. The van der Waals surface area contributed by atoms with Crippen molar-refractivity contribution in [1.82, 2.24) is 5.32 Å². The van der Waals surface area contributed by atoms with Crippen molar-refractivity contribution in [3.05, 3.63) is 83.9 Å². The maximum Gasteiger partial charge on any atom is 0.264 e. The summed E-state index contributed by atoms with van der Waals surface area (Å²) < 4.78 is 38.7. The van der Waals surface area contributed by atoms with Gasteiger partial charge in [0.05, 0.1) is 30.8 Å². The van der Waals surface area contributed by atoms with Crippen LogP contribution in [0, 0.1) is 6.92 Å². The van der Waals surface area contributed by atoms with Crippen LogP contribution >= 0.6 is 0 Å². The number of ether oxygens (including phenoxy) is 2. The number of hydrogen-bond acceptors (Lipinski definition) is 5. The first-order valence-corrected chi connectivity index (χ1v) is 12.4. The van der Waals surface area contributed by atoms with Crippen molar-refractivity contribution < 1.29 is 22.7 Å². The fraction of sp³-hybridized carbons (Fsp3) is 0.269. The van der Waals surface area contributed by atoms with Crippen LogP contribution in [-0.4, -0.2) is 35.1 Å². The lowest BCUT2D eigenvalue weighted by molar-refractivity contribution is -0.120. The Kier molecular flexibility index (Phi) is 8.17. The van der Waals surface area contributed by atoms with Gasteiger partial charge in [-0.15, -0.1) is 0 Å². The molecule has 0 aliphatic heterocycles. The molecule has 0 fully saturated rings. The first-order valence-electron chi connectivity index (χ1n) is 10.9. The summed E-state index contributed by atoms with van der Waals surface area (Å²) in [6.07, 6.45) is 0.641. The van der Waals surface area contributed by atoms with Crippen molar-refractivity contribution >= 4 is 21.6 Å². The Labute approximate surface area is 201 Å². The van der Waals surface area contributed by atoms with Gasteiger partial charge in [0.1, 0.15) is 18.0 Å². The molecule has 180 valence electrons. The quantitative estimate of drug-likeness (QED) is 0.461. The molecule has 0 saturated heterocycles. The number of carbonyl (C=O) groups excluding carboxylic acids is 1. The first kappa shape index (κ1) is 25.1. The van der Waals surface area contributed by atoms with Gasteiger partial charge in [-0.2, -0.15) is 0 Å². The number of carbonyl (C=O) groups is 1. The molecule has 0 aliphatic rings. The van der Waals surface area contributed by atoms with Gasteiger partial charge in [-0.25, -0.2) is 8.42 Å². The average molecular weight is 483 g/mol. The molecular formula is C26H30N2O5S. The van der Waals surface area contributed by atoms with Crippen LogP contribution in [0.1, 0.15) is 30.5 Å². The van der Waals surface area contributed by atoms with E-state index in [-0.39, 0.29) is 17.5 Å². The third-order valence-corrected chi connectivity index (χ3v) is 7.29. The molecule has 3 aromatic rings. The number of rotatable bonds is 10. The Morgan fingerprint density at radius 1 is 0.941 bits per heavy atom. The van der Waals surface area contributed by atoms with Gasteiger partial charge in [0.15, 0.2) is 0 Å². The summed E-state index contributed by atoms with van der Waals surface area (Å²) in [5, 5.41) is 2.96. The topological polar surface area (TPSA) is 84.9 Å². The van der Waals surface area contributed by atoms with Crippen molar-refractivity contribution in [1.29, 1.82) is 0 Å². The molecular weight excluding hydrogens is 452 g/mol. The van der Waals surface area contributed by atoms with Crippen molar-refractivity contribution in [2.75, 3.05) is 25.1 Å². The van der Waals surface area contributed by atoms with E-state index in [1.165, 1.54) is 7.11 Å². The largest absolute Gasteiger partial charge is 0.497 e. The molecule has 3 rings (SSSR count). The number of amides is 1. The van der Waals surface area contributed by atoms with Crippen molar-refractivity contribution in [3.63, 3.8) is 0 Å². The molecule has 0 spiro atoms. The molecule has 0 radical (unpaired) electrons. The molecule has 3 aromatic carbocycles. The Morgan fingerprint density at radius 2 is 1.59 bits per heavy atom. The molecule has 0 aliphatic carbocycles. The molecule has 0 unspecified atom stereocenters. The Balaban J connectivity index is 1.91. The van der Waals surface area contributed by atoms with Crippen LogP contribution in [0.2, 0.25) is 0 Å². The monoisotopic (exact) mass is 482 g/mol. The van der Waals surface area contributed by atoms with E-state index in [4.69, 9.17) is 9.47 Å². The minimum absolute atomic E-state index is 0.107. The lowest BCUT2D eigenvalue weighted by Crippen LogP contribution is -2.42. The SMILES string of the molecule is CC[C@H](NC(=O)CN(c1cccc(OC)c1)S(=O)(=O)c1ccc(C)cc1)c1ccc(OC)cc1. The molecule has 0 bridgehead atoms. The van der Waals surface area contributed by atoms with Crippen molar-refractivity contribution in [2.45, 2.75) is 31.2 Å². The number of benzene rings is 3. The maximum absolute atomic E-state index is 13.6. The van der Waals surface area contributed by atoms with E-state index in [9.17, 15) is 13.2 Å². The van der Waals surface area contributed by atoms with E-state index in [0.29, 0.717) is 17.9 Å².